The molecule has 2 nitrogen and oxygen atoms in total. The summed E-state index contributed by atoms with van der Waals surface area (Å²) in [6.45, 7) is 10.2. The quantitative estimate of drug-likeness (QED) is 0.534. The molecule has 0 aromatic heterocycles. The first-order chi connectivity index (χ1) is 15.1. The minimum atomic E-state index is -0.176. The Morgan fingerprint density at radius 3 is 2.45 bits per heavy atom. The van der Waals surface area contributed by atoms with Crippen molar-refractivity contribution in [2.24, 2.45) is 0 Å². The maximum absolute atomic E-state index is 13.2. The summed E-state index contributed by atoms with van der Waals surface area (Å²) >= 11 is 0. The van der Waals surface area contributed by atoms with Gasteiger partial charge in [0.25, 0.3) is 0 Å². The summed E-state index contributed by atoms with van der Waals surface area (Å²) < 4.78 is 13.2. The van der Waals surface area contributed by atoms with E-state index in [-0.39, 0.29) is 5.82 Å². The van der Waals surface area contributed by atoms with Crippen molar-refractivity contribution in [3.8, 4) is 0 Å². The largest absolute Gasteiger partial charge is 0.384 e. The molecule has 0 amide bonds. The average molecular weight is 421 g/mol. The Labute approximate surface area is 187 Å². The summed E-state index contributed by atoms with van der Waals surface area (Å²) in [6.07, 6.45) is 9.49. The Kier molecular flexibility index (Phi) is 7.45. The molecule has 2 aromatic carbocycles. The minimum absolute atomic E-state index is 0.176. The van der Waals surface area contributed by atoms with Crippen LogP contribution in [0.15, 0.2) is 54.7 Å². The van der Waals surface area contributed by atoms with Crippen molar-refractivity contribution in [1.29, 1.82) is 0 Å². The molecule has 0 radical (unpaired) electrons. The number of halogens is 1. The van der Waals surface area contributed by atoms with Gasteiger partial charge in [-0.3, -0.25) is 0 Å². The van der Waals surface area contributed by atoms with Gasteiger partial charge in [-0.05, 0) is 98.8 Å². The number of aryl methyl sites for hydroxylation is 3. The number of nitrogens with one attached hydrogen (secondary N) is 1. The third-order valence-electron chi connectivity index (χ3n) is 7.17. The van der Waals surface area contributed by atoms with Crippen molar-refractivity contribution >= 4 is 0 Å². The number of fused-ring (bicyclic) bond motifs is 1. The van der Waals surface area contributed by atoms with Gasteiger partial charge in [0.1, 0.15) is 5.82 Å². The van der Waals surface area contributed by atoms with Gasteiger partial charge in [0.15, 0.2) is 0 Å². The van der Waals surface area contributed by atoms with Gasteiger partial charge in [-0.15, -0.1) is 0 Å². The van der Waals surface area contributed by atoms with Crippen LogP contribution in [0.3, 0.4) is 0 Å². The van der Waals surface area contributed by atoms with E-state index in [1.54, 1.807) is 23.3 Å². The highest BCUT2D eigenvalue weighted by Crippen LogP contribution is 2.28. The second kappa shape index (κ2) is 10.5. The van der Waals surface area contributed by atoms with Crippen molar-refractivity contribution in [2.45, 2.75) is 70.3 Å². The van der Waals surface area contributed by atoms with Crippen LogP contribution in [0.4, 0.5) is 4.39 Å². The predicted molar refractivity (Wildman–Crippen MR) is 128 cm³/mol. The number of hydrogen-bond acceptors (Lipinski definition) is 2. The van der Waals surface area contributed by atoms with Crippen molar-refractivity contribution < 1.29 is 4.39 Å². The van der Waals surface area contributed by atoms with Gasteiger partial charge < -0.3 is 10.2 Å². The molecule has 2 atom stereocenters. The van der Waals surface area contributed by atoms with Gasteiger partial charge in [0, 0.05) is 24.2 Å². The highest BCUT2D eigenvalue weighted by Gasteiger charge is 2.24. The van der Waals surface area contributed by atoms with Crippen LogP contribution in [0, 0.1) is 5.82 Å². The molecular weight excluding hydrogens is 383 g/mol. The summed E-state index contributed by atoms with van der Waals surface area (Å²) in [5.41, 5.74) is 6.80. The molecule has 0 saturated carbocycles. The lowest BCUT2D eigenvalue weighted by atomic mass is 9.85. The van der Waals surface area contributed by atoms with E-state index < -0.39 is 0 Å². The number of rotatable bonds is 9. The van der Waals surface area contributed by atoms with E-state index in [9.17, 15) is 4.39 Å². The predicted octanol–water partition coefficient (Wildman–Crippen LogP) is 6.01. The fourth-order valence-corrected chi connectivity index (χ4v) is 5.12. The van der Waals surface area contributed by atoms with Crippen LogP contribution in [-0.2, 0) is 19.3 Å². The molecule has 1 fully saturated rings. The van der Waals surface area contributed by atoms with E-state index >= 15 is 0 Å². The molecule has 31 heavy (non-hydrogen) atoms. The van der Waals surface area contributed by atoms with Gasteiger partial charge in [-0.25, -0.2) is 4.39 Å². The average Bonchev–Trinajstić information content (AvgIpc) is 3.30. The highest BCUT2D eigenvalue weighted by molar-refractivity contribution is 5.36. The van der Waals surface area contributed by atoms with Crippen LogP contribution in [0.2, 0.25) is 0 Å². The Morgan fingerprint density at radius 1 is 1.00 bits per heavy atom. The second-order valence-corrected chi connectivity index (χ2v) is 9.51. The fraction of sp³-hybridized carbons (Fsp3) is 0.500. The summed E-state index contributed by atoms with van der Waals surface area (Å²) in [5.74, 6) is 0.251. The molecule has 1 saturated heterocycles. The second-order valence-electron chi connectivity index (χ2n) is 9.51. The van der Waals surface area contributed by atoms with Crippen LogP contribution in [0.5, 0.6) is 0 Å². The van der Waals surface area contributed by atoms with Crippen LogP contribution in [-0.4, -0.2) is 30.6 Å². The smallest absolute Gasteiger partial charge is 0.123 e. The molecule has 1 aliphatic heterocycles. The van der Waals surface area contributed by atoms with Crippen molar-refractivity contribution in [3.63, 3.8) is 0 Å². The standard InChI is InChI=1S/C28H37FN2/c1-21(9-10-23-11-15-27(29)16-12-23)30-28(20-31-17-5-6-18-31)22(2)25-14-13-24-7-3-4-8-26(24)19-25/h11-16,19,22,28,30H,1,3-10,17-18,20H2,2H3. The topological polar surface area (TPSA) is 15.3 Å². The van der Waals surface area contributed by atoms with E-state index in [1.165, 1.54) is 57.2 Å². The number of likely N-dealkylation sites (tertiary alicyclic amines) is 1. The maximum Gasteiger partial charge on any atom is 0.123 e. The Morgan fingerprint density at radius 2 is 1.71 bits per heavy atom. The Bertz CT molecular complexity index is 867. The maximum atomic E-state index is 13.2. The molecule has 2 aromatic rings. The monoisotopic (exact) mass is 420 g/mol. The molecule has 3 heteroatoms. The van der Waals surface area contributed by atoms with E-state index in [1.807, 2.05) is 12.1 Å². The lowest BCUT2D eigenvalue weighted by molar-refractivity contribution is 0.280. The lowest BCUT2D eigenvalue weighted by Crippen LogP contribution is -2.43. The molecule has 4 rings (SSSR count). The van der Waals surface area contributed by atoms with E-state index in [0.29, 0.717) is 12.0 Å². The zero-order chi connectivity index (χ0) is 21.6. The Hall–Kier alpha value is -2.13. The van der Waals surface area contributed by atoms with E-state index in [0.717, 1.165) is 30.6 Å². The molecular formula is C28H37FN2. The molecule has 1 N–H and O–H groups in total. The zero-order valence-electron chi connectivity index (χ0n) is 19.0. The first kappa shape index (κ1) is 22.1. The Balaban J connectivity index is 1.42. The summed E-state index contributed by atoms with van der Waals surface area (Å²) in [7, 11) is 0. The number of nitrogens with zero attached hydrogens (tertiary/aromatic N) is 1. The minimum Gasteiger partial charge on any atom is -0.384 e. The fourth-order valence-electron chi connectivity index (χ4n) is 5.12. The van der Waals surface area contributed by atoms with Crippen LogP contribution >= 0.6 is 0 Å². The third-order valence-corrected chi connectivity index (χ3v) is 7.17. The van der Waals surface area contributed by atoms with Gasteiger partial charge >= 0.3 is 0 Å². The SMILES string of the molecule is C=C(CCc1ccc(F)cc1)NC(CN1CCCC1)C(C)c1ccc2c(c1)CCCC2. The third kappa shape index (κ3) is 5.98. The van der Waals surface area contributed by atoms with E-state index in [4.69, 9.17) is 0 Å². The van der Waals surface area contributed by atoms with Gasteiger partial charge in [-0.2, -0.15) is 0 Å². The molecule has 2 aliphatic rings. The van der Waals surface area contributed by atoms with Gasteiger partial charge in [-0.1, -0.05) is 43.8 Å². The first-order valence-electron chi connectivity index (χ1n) is 12.1. The number of allylic oxidation sites excluding steroid dienone is 1. The van der Waals surface area contributed by atoms with Crippen molar-refractivity contribution in [1.82, 2.24) is 10.2 Å². The molecule has 166 valence electrons. The van der Waals surface area contributed by atoms with E-state index in [2.05, 4.69) is 41.9 Å². The molecule has 1 aliphatic carbocycles. The molecule has 0 bridgehead atoms. The normalized spacial score (nSPS) is 18.4. The van der Waals surface area contributed by atoms with Gasteiger partial charge in [0.2, 0.25) is 0 Å². The molecule has 1 heterocycles. The van der Waals surface area contributed by atoms with Crippen molar-refractivity contribution in [3.05, 3.63) is 82.8 Å². The summed E-state index contributed by atoms with van der Waals surface area (Å²) in [5, 5.41) is 3.79. The van der Waals surface area contributed by atoms with Crippen LogP contribution < -0.4 is 5.32 Å². The first-order valence-corrected chi connectivity index (χ1v) is 12.1. The molecule has 2 unspecified atom stereocenters. The highest BCUT2D eigenvalue weighted by atomic mass is 19.1. The van der Waals surface area contributed by atoms with Crippen molar-refractivity contribution in [2.75, 3.05) is 19.6 Å². The molecule has 0 spiro atoms. The summed E-state index contributed by atoms with van der Waals surface area (Å²) in [4.78, 5) is 2.60. The number of benzene rings is 2. The van der Waals surface area contributed by atoms with Gasteiger partial charge in [0.05, 0.1) is 0 Å². The number of hydrogen-bond donors (Lipinski definition) is 1. The van der Waals surface area contributed by atoms with Crippen LogP contribution in [0.1, 0.15) is 67.2 Å². The summed E-state index contributed by atoms with van der Waals surface area (Å²) in [6, 6.07) is 14.4. The van der Waals surface area contributed by atoms with Crippen LogP contribution in [0.25, 0.3) is 0 Å². The lowest BCUT2D eigenvalue weighted by Gasteiger charge is -2.32. The zero-order valence-corrected chi connectivity index (χ0v) is 19.0.